The second-order valence-electron chi connectivity index (χ2n) is 4.45. The summed E-state index contributed by atoms with van der Waals surface area (Å²) in [5.41, 5.74) is 1.53. The van der Waals surface area contributed by atoms with Crippen LogP contribution in [0.2, 0.25) is 0 Å². The summed E-state index contributed by atoms with van der Waals surface area (Å²) < 4.78 is 28.4. The molecule has 2 N–H and O–H groups in total. The molecule has 5 nitrogen and oxygen atoms in total. The van der Waals surface area contributed by atoms with Gasteiger partial charge in [-0.3, -0.25) is 4.72 Å². The number of halogens is 1. The third kappa shape index (κ3) is 3.74. The predicted octanol–water partition coefficient (Wildman–Crippen LogP) is 3.39. The van der Waals surface area contributed by atoms with Gasteiger partial charge in [0.15, 0.2) is 0 Å². The Morgan fingerprint density at radius 1 is 1.29 bits per heavy atom. The maximum absolute atomic E-state index is 12.5. The SMILES string of the molecule is CCNc1ncccc1S(=O)(=O)Nc1ccc(C)c(Br)c1. The van der Waals surface area contributed by atoms with Gasteiger partial charge in [0, 0.05) is 22.9 Å². The molecule has 0 amide bonds. The third-order valence-electron chi connectivity index (χ3n) is 2.83. The van der Waals surface area contributed by atoms with Crippen molar-refractivity contribution < 1.29 is 8.42 Å². The van der Waals surface area contributed by atoms with Gasteiger partial charge in [-0.25, -0.2) is 13.4 Å². The highest BCUT2D eigenvalue weighted by Gasteiger charge is 2.19. The van der Waals surface area contributed by atoms with E-state index in [2.05, 4.69) is 31.0 Å². The zero-order valence-corrected chi connectivity index (χ0v) is 14.1. The number of benzene rings is 1. The molecule has 0 atom stereocenters. The Balaban J connectivity index is 2.36. The number of hydrogen-bond donors (Lipinski definition) is 2. The number of nitrogens with zero attached hydrogens (tertiary/aromatic N) is 1. The van der Waals surface area contributed by atoms with Crippen molar-refractivity contribution in [2.45, 2.75) is 18.7 Å². The Morgan fingerprint density at radius 3 is 2.71 bits per heavy atom. The maximum atomic E-state index is 12.5. The molecule has 0 aliphatic rings. The molecule has 1 heterocycles. The third-order valence-corrected chi connectivity index (χ3v) is 5.10. The molecule has 0 aliphatic carbocycles. The molecule has 0 bridgehead atoms. The highest BCUT2D eigenvalue weighted by atomic mass is 79.9. The van der Waals surface area contributed by atoms with Crippen LogP contribution in [-0.4, -0.2) is 19.9 Å². The topological polar surface area (TPSA) is 71.1 Å². The van der Waals surface area contributed by atoms with Crippen molar-refractivity contribution in [2.75, 3.05) is 16.6 Å². The lowest BCUT2D eigenvalue weighted by atomic mass is 10.2. The van der Waals surface area contributed by atoms with Crippen LogP contribution in [0.5, 0.6) is 0 Å². The molecular weight excluding hydrogens is 354 g/mol. The van der Waals surface area contributed by atoms with Crippen LogP contribution in [0, 0.1) is 6.92 Å². The van der Waals surface area contributed by atoms with E-state index in [0.29, 0.717) is 18.1 Å². The van der Waals surface area contributed by atoms with Gasteiger partial charge in [-0.05, 0) is 43.7 Å². The van der Waals surface area contributed by atoms with Gasteiger partial charge in [0.05, 0.1) is 0 Å². The summed E-state index contributed by atoms with van der Waals surface area (Å²) in [6.07, 6.45) is 1.56. The quantitative estimate of drug-likeness (QED) is 0.847. The van der Waals surface area contributed by atoms with E-state index in [4.69, 9.17) is 0 Å². The average molecular weight is 370 g/mol. The standard InChI is InChI=1S/C14H16BrN3O2S/c1-3-16-14-13(5-4-8-17-14)21(19,20)18-11-7-6-10(2)12(15)9-11/h4-9,18H,3H2,1-2H3,(H,16,17). The monoisotopic (exact) mass is 369 g/mol. The Kier molecular flexibility index (Phi) is 4.84. The predicted molar refractivity (Wildman–Crippen MR) is 88.1 cm³/mol. The Hall–Kier alpha value is -1.60. The van der Waals surface area contributed by atoms with E-state index in [-0.39, 0.29) is 4.90 Å². The highest BCUT2D eigenvalue weighted by Crippen LogP contribution is 2.25. The number of pyridine rings is 1. The first-order chi connectivity index (χ1) is 9.94. The number of nitrogens with one attached hydrogen (secondary N) is 2. The molecule has 112 valence electrons. The molecule has 0 aliphatic heterocycles. The number of aryl methyl sites for hydroxylation is 1. The first kappa shape index (κ1) is 15.8. The van der Waals surface area contributed by atoms with Gasteiger partial charge in [0.1, 0.15) is 10.7 Å². The van der Waals surface area contributed by atoms with E-state index in [1.54, 1.807) is 24.4 Å². The number of aromatic nitrogens is 1. The lowest BCUT2D eigenvalue weighted by Gasteiger charge is -2.12. The summed E-state index contributed by atoms with van der Waals surface area (Å²) in [5.74, 6) is 0.346. The maximum Gasteiger partial charge on any atom is 0.265 e. The molecule has 0 fully saturated rings. The molecule has 0 spiro atoms. The fourth-order valence-corrected chi connectivity index (χ4v) is 3.34. The number of anilines is 2. The molecule has 0 radical (unpaired) electrons. The van der Waals surface area contributed by atoms with Crippen LogP contribution in [0.15, 0.2) is 45.9 Å². The van der Waals surface area contributed by atoms with E-state index in [0.717, 1.165) is 10.0 Å². The van der Waals surface area contributed by atoms with Crippen molar-refractivity contribution in [1.29, 1.82) is 0 Å². The molecule has 0 unspecified atom stereocenters. The Morgan fingerprint density at radius 2 is 2.05 bits per heavy atom. The van der Waals surface area contributed by atoms with Crippen LogP contribution in [0.25, 0.3) is 0 Å². The minimum absolute atomic E-state index is 0.128. The van der Waals surface area contributed by atoms with Gasteiger partial charge in [-0.15, -0.1) is 0 Å². The van der Waals surface area contributed by atoms with Crippen molar-refractivity contribution >= 4 is 37.5 Å². The van der Waals surface area contributed by atoms with Crippen molar-refractivity contribution in [2.24, 2.45) is 0 Å². The fourth-order valence-electron chi connectivity index (χ4n) is 1.77. The van der Waals surface area contributed by atoms with E-state index in [9.17, 15) is 8.42 Å². The van der Waals surface area contributed by atoms with Crippen LogP contribution in [0.1, 0.15) is 12.5 Å². The van der Waals surface area contributed by atoms with Crippen molar-refractivity contribution in [3.8, 4) is 0 Å². The number of rotatable bonds is 5. The number of sulfonamides is 1. The van der Waals surface area contributed by atoms with E-state index in [1.807, 2.05) is 19.9 Å². The van der Waals surface area contributed by atoms with Crippen molar-refractivity contribution in [1.82, 2.24) is 4.98 Å². The van der Waals surface area contributed by atoms with Gasteiger partial charge in [-0.2, -0.15) is 0 Å². The summed E-state index contributed by atoms with van der Waals surface area (Å²) in [5, 5.41) is 2.95. The van der Waals surface area contributed by atoms with Crippen LogP contribution >= 0.6 is 15.9 Å². The highest BCUT2D eigenvalue weighted by molar-refractivity contribution is 9.10. The first-order valence-electron chi connectivity index (χ1n) is 6.42. The summed E-state index contributed by atoms with van der Waals surface area (Å²) >= 11 is 3.39. The lowest BCUT2D eigenvalue weighted by molar-refractivity contribution is 0.601. The van der Waals surface area contributed by atoms with Crippen LogP contribution in [0.3, 0.4) is 0 Å². The van der Waals surface area contributed by atoms with Crippen LogP contribution < -0.4 is 10.0 Å². The fraction of sp³-hybridized carbons (Fsp3) is 0.214. The van der Waals surface area contributed by atoms with Gasteiger partial charge >= 0.3 is 0 Å². The van der Waals surface area contributed by atoms with Crippen molar-refractivity contribution in [3.05, 3.63) is 46.6 Å². The first-order valence-corrected chi connectivity index (χ1v) is 8.69. The van der Waals surface area contributed by atoms with Crippen LogP contribution in [0.4, 0.5) is 11.5 Å². The molecule has 21 heavy (non-hydrogen) atoms. The summed E-state index contributed by atoms with van der Waals surface area (Å²) in [7, 11) is -3.69. The molecule has 2 aromatic rings. The second kappa shape index (κ2) is 6.44. The smallest absolute Gasteiger partial charge is 0.265 e. The van der Waals surface area contributed by atoms with Crippen molar-refractivity contribution in [3.63, 3.8) is 0 Å². The van der Waals surface area contributed by atoms with Gasteiger partial charge in [0.25, 0.3) is 10.0 Å². The lowest BCUT2D eigenvalue weighted by Crippen LogP contribution is -2.16. The molecule has 0 saturated heterocycles. The summed E-state index contributed by atoms with van der Waals surface area (Å²) in [4.78, 5) is 4.20. The second-order valence-corrected chi connectivity index (χ2v) is 6.96. The zero-order chi connectivity index (χ0) is 15.5. The summed E-state index contributed by atoms with van der Waals surface area (Å²) in [6, 6.07) is 8.42. The molecule has 0 saturated carbocycles. The minimum atomic E-state index is -3.69. The van der Waals surface area contributed by atoms with Gasteiger partial charge < -0.3 is 5.32 Å². The molecular formula is C14H16BrN3O2S. The van der Waals surface area contributed by atoms with E-state index in [1.165, 1.54) is 6.07 Å². The summed E-state index contributed by atoms with van der Waals surface area (Å²) in [6.45, 7) is 4.41. The minimum Gasteiger partial charge on any atom is -0.369 e. The molecule has 1 aromatic carbocycles. The van der Waals surface area contributed by atoms with E-state index >= 15 is 0 Å². The van der Waals surface area contributed by atoms with Gasteiger partial charge in [-0.1, -0.05) is 22.0 Å². The average Bonchev–Trinajstić information content (AvgIpc) is 2.43. The number of hydrogen-bond acceptors (Lipinski definition) is 4. The zero-order valence-electron chi connectivity index (χ0n) is 11.7. The Labute approximate surface area is 133 Å². The normalized spacial score (nSPS) is 11.2. The largest absolute Gasteiger partial charge is 0.369 e. The molecule has 1 aromatic heterocycles. The Bertz CT molecular complexity index is 748. The molecule has 2 rings (SSSR count). The molecule has 7 heteroatoms. The van der Waals surface area contributed by atoms with Gasteiger partial charge in [0.2, 0.25) is 0 Å². The van der Waals surface area contributed by atoms with E-state index < -0.39 is 10.0 Å². The van der Waals surface area contributed by atoms with Crippen LogP contribution in [-0.2, 0) is 10.0 Å².